The number of halogens is 1. The Labute approximate surface area is 159 Å². The van der Waals surface area contributed by atoms with Crippen LogP contribution in [-0.2, 0) is 4.74 Å². The van der Waals surface area contributed by atoms with Gasteiger partial charge in [0.25, 0.3) is 11.6 Å². The third-order valence-electron chi connectivity index (χ3n) is 4.20. The molecule has 3 rings (SSSR count). The highest BCUT2D eigenvalue weighted by molar-refractivity contribution is 9.10. The molecule has 0 bridgehead atoms. The highest BCUT2D eigenvalue weighted by Crippen LogP contribution is 2.30. The maximum atomic E-state index is 12.5. The lowest BCUT2D eigenvalue weighted by Gasteiger charge is -2.28. The summed E-state index contributed by atoms with van der Waals surface area (Å²) >= 11 is 3.41. The van der Waals surface area contributed by atoms with E-state index in [-0.39, 0.29) is 17.2 Å². The van der Waals surface area contributed by atoms with E-state index >= 15 is 0 Å². The summed E-state index contributed by atoms with van der Waals surface area (Å²) in [6.45, 7) is 4.15. The molecule has 1 heterocycles. The van der Waals surface area contributed by atoms with Crippen molar-refractivity contribution in [1.82, 2.24) is 0 Å². The predicted molar refractivity (Wildman–Crippen MR) is 103 cm³/mol. The quantitative estimate of drug-likeness (QED) is 0.602. The zero-order valence-corrected chi connectivity index (χ0v) is 15.8. The van der Waals surface area contributed by atoms with Gasteiger partial charge in [-0.25, -0.2) is 0 Å². The van der Waals surface area contributed by atoms with E-state index in [1.807, 2.05) is 24.0 Å². The Morgan fingerprint density at radius 1 is 1.23 bits per heavy atom. The van der Waals surface area contributed by atoms with Gasteiger partial charge < -0.3 is 15.0 Å². The first-order valence-electron chi connectivity index (χ1n) is 8.14. The molecule has 2 aromatic rings. The summed E-state index contributed by atoms with van der Waals surface area (Å²) in [6.07, 6.45) is 0. The SMILES string of the molecule is Cc1cc(NC(=O)c2ccc(N3CCOCC3)c([N+](=O)[O-])c2)ccc1Br. The summed E-state index contributed by atoms with van der Waals surface area (Å²) in [7, 11) is 0. The molecule has 0 spiro atoms. The number of nitro groups is 1. The van der Waals surface area contributed by atoms with Crippen molar-refractivity contribution < 1.29 is 14.5 Å². The molecule has 136 valence electrons. The number of morpholine rings is 1. The standard InChI is InChI=1S/C18H18BrN3O4/c1-12-10-14(3-4-15(12)19)20-18(23)13-2-5-16(17(11-13)22(24)25)21-6-8-26-9-7-21/h2-5,10-11H,6-9H2,1H3,(H,20,23). The fourth-order valence-electron chi connectivity index (χ4n) is 2.81. The van der Waals surface area contributed by atoms with Gasteiger partial charge in [-0.3, -0.25) is 14.9 Å². The molecule has 7 nitrogen and oxygen atoms in total. The van der Waals surface area contributed by atoms with E-state index in [2.05, 4.69) is 21.2 Å². The Morgan fingerprint density at radius 2 is 1.96 bits per heavy atom. The van der Waals surface area contributed by atoms with Gasteiger partial charge >= 0.3 is 0 Å². The summed E-state index contributed by atoms with van der Waals surface area (Å²) in [5.74, 6) is -0.386. The van der Waals surface area contributed by atoms with Crippen molar-refractivity contribution in [3.05, 3.63) is 62.1 Å². The zero-order chi connectivity index (χ0) is 18.7. The van der Waals surface area contributed by atoms with Crippen LogP contribution in [0.15, 0.2) is 40.9 Å². The van der Waals surface area contributed by atoms with E-state index in [1.165, 1.54) is 6.07 Å². The van der Waals surface area contributed by atoms with E-state index in [0.29, 0.717) is 37.7 Å². The molecule has 0 radical (unpaired) electrons. The minimum Gasteiger partial charge on any atom is -0.378 e. The van der Waals surface area contributed by atoms with Gasteiger partial charge in [0.1, 0.15) is 5.69 Å². The van der Waals surface area contributed by atoms with Gasteiger partial charge in [0.2, 0.25) is 0 Å². The second kappa shape index (κ2) is 7.84. The molecule has 26 heavy (non-hydrogen) atoms. The van der Waals surface area contributed by atoms with Crippen LogP contribution in [0.4, 0.5) is 17.1 Å². The third kappa shape index (κ3) is 4.03. The van der Waals surface area contributed by atoms with Crippen LogP contribution in [0.2, 0.25) is 0 Å². The van der Waals surface area contributed by atoms with E-state index in [0.717, 1.165) is 10.0 Å². The number of amides is 1. The van der Waals surface area contributed by atoms with Gasteiger partial charge in [-0.05, 0) is 42.8 Å². The lowest BCUT2D eigenvalue weighted by molar-refractivity contribution is -0.384. The van der Waals surface area contributed by atoms with Crippen molar-refractivity contribution in [2.45, 2.75) is 6.92 Å². The average molecular weight is 420 g/mol. The van der Waals surface area contributed by atoms with E-state index in [4.69, 9.17) is 4.74 Å². The molecule has 1 aliphatic rings. The number of carbonyl (C=O) groups is 1. The first-order valence-corrected chi connectivity index (χ1v) is 8.93. The van der Waals surface area contributed by atoms with Gasteiger partial charge in [0.15, 0.2) is 0 Å². The molecule has 0 aliphatic carbocycles. The first-order chi connectivity index (χ1) is 12.5. The van der Waals surface area contributed by atoms with Crippen LogP contribution in [0.3, 0.4) is 0 Å². The number of hydrogen-bond donors (Lipinski definition) is 1. The number of anilines is 2. The van der Waals surface area contributed by atoms with E-state index in [1.54, 1.807) is 18.2 Å². The van der Waals surface area contributed by atoms with E-state index in [9.17, 15) is 14.9 Å². The lowest BCUT2D eigenvalue weighted by Crippen LogP contribution is -2.36. The summed E-state index contributed by atoms with van der Waals surface area (Å²) in [4.78, 5) is 25.4. The van der Waals surface area contributed by atoms with Crippen molar-refractivity contribution in [2.75, 3.05) is 36.5 Å². The Bertz CT molecular complexity index is 850. The number of aryl methyl sites for hydroxylation is 1. The molecular weight excluding hydrogens is 402 g/mol. The van der Waals surface area contributed by atoms with Gasteiger partial charge in [-0.15, -0.1) is 0 Å². The summed E-state index contributed by atoms with van der Waals surface area (Å²) in [5, 5.41) is 14.3. The number of nitrogens with one attached hydrogen (secondary N) is 1. The van der Waals surface area contributed by atoms with Crippen molar-refractivity contribution in [3.8, 4) is 0 Å². The smallest absolute Gasteiger partial charge is 0.293 e. The lowest BCUT2D eigenvalue weighted by atomic mass is 10.1. The maximum Gasteiger partial charge on any atom is 0.293 e. The normalized spacial score (nSPS) is 14.2. The highest BCUT2D eigenvalue weighted by atomic mass is 79.9. The Balaban J connectivity index is 1.85. The molecule has 0 unspecified atom stereocenters. The molecule has 1 N–H and O–H groups in total. The molecule has 1 amide bonds. The molecule has 8 heteroatoms. The second-order valence-corrected chi connectivity index (χ2v) is 6.83. The Kier molecular flexibility index (Phi) is 5.53. The van der Waals surface area contributed by atoms with Gasteiger partial charge in [-0.1, -0.05) is 15.9 Å². The average Bonchev–Trinajstić information content (AvgIpc) is 2.65. The Hall–Kier alpha value is -2.45. The minimum absolute atomic E-state index is 0.0773. The monoisotopic (exact) mass is 419 g/mol. The van der Waals surface area contributed by atoms with Gasteiger partial charge in [0, 0.05) is 34.9 Å². The third-order valence-corrected chi connectivity index (χ3v) is 5.09. The predicted octanol–water partition coefficient (Wildman–Crippen LogP) is 3.75. The number of ether oxygens (including phenoxy) is 1. The van der Waals surface area contributed by atoms with Gasteiger partial charge in [0.05, 0.1) is 18.1 Å². The molecule has 1 aliphatic heterocycles. The minimum atomic E-state index is -0.453. The van der Waals surface area contributed by atoms with Gasteiger partial charge in [-0.2, -0.15) is 0 Å². The van der Waals surface area contributed by atoms with Crippen molar-refractivity contribution in [1.29, 1.82) is 0 Å². The van der Waals surface area contributed by atoms with E-state index < -0.39 is 4.92 Å². The Morgan fingerprint density at radius 3 is 2.62 bits per heavy atom. The summed E-state index contributed by atoms with van der Waals surface area (Å²) in [5.41, 5.74) is 2.29. The maximum absolute atomic E-state index is 12.5. The molecule has 0 saturated carbocycles. The topological polar surface area (TPSA) is 84.7 Å². The highest BCUT2D eigenvalue weighted by Gasteiger charge is 2.23. The molecule has 0 aromatic heterocycles. The number of hydrogen-bond acceptors (Lipinski definition) is 5. The van der Waals surface area contributed by atoms with Crippen LogP contribution in [0.5, 0.6) is 0 Å². The van der Waals surface area contributed by atoms with Crippen LogP contribution in [-0.4, -0.2) is 37.1 Å². The number of nitro benzene ring substituents is 1. The van der Waals surface area contributed by atoms with Crippen LogP contribution in [0.1, 0.15) is 15.9 Å². The second-order valence-electron chi connectivity index (χ2n) is 5.98. The fourth-order valence-corrected chi connectivity index (χ4v) is 3.05. The van der Waals surface area contributed by atoms with Crippen LogP contribution < -0.4 is 10.2 Å². The zero-order valence-electron chi connectivity index (χ0n) is 14.2. The van der Waals surface area contributed by atoms with Crippen LogP contribution in [0, 0.1) is 17.0 Å². The van der Waals surface area contributed by atoms with Crippen LogP contribution in [0.25, 0.3) is 0 Å². The number of nitrogens with zero attached hydrogens (tertiary/aromatic N) is 2. The molecule has 2 aromatic carbocycles. The molecule has 1 saturated heterocycles. The molecular formula is C18H18BrN3O4. The molecule has 0 atom stereocenters. The number of benzene rings is 2. The summed E-state index contributed by atoms with van der Waals surface area (Å²) in [6, 6.07) is 10.0. The fraction of sp³-hybridized carbons (Fsp3) is 0.278. The van der Waals surface area contributed by atoms with Crippen molar-refractivity contribution in [3.63, 3.8) is 0 Å². The number of carbonyl (C=O) groups excluding carboxylic acids is 1. The first kappa shape index (κ1) is 18.3. The van der Waals surface area contributed by atoms with Crippen molar-refractivity contribution >= 4 is 38.9 Å². The van der Waals surface area contributed by atoms with Crippen LogP contribution >= 0.6 is 15.9 Å². The molecule has 1 fully saturated rings. The van der Waals surface area contributed by atoms with Crippen molar-refractivity contribution in [2.24, 2.45) is 0 Å². The number of rotatable bonds is 4. The largest absolute Gasteiger partial charge is 0.378 e. The summed E-state index contributed by atoms with van der Waals surface area (Å²) < 4.78 is 6.23.